The summed E-state index contributed by atoms with van der Waals surface area (Å²) >= 11 is 0. The van der Waals surface area contributed by atoms with Crippen molar-refractivity contribution in [3.63, 3.8) is 0 Å². The number of ether oxygens (including phenoxy) is 9. The van der Waals surface area contributed by atoms with Gasteiger partial charge >= 0.3 is 17.9 Å². The van der Waals surface area contributed by atoms with Gasteiger partial charge in [-0.1, -0.05) is 57.2 Å². The molecule has 3 aliphatic rings. The Balaban J connectivity index is 1.39. The molecule has 0 aromatic carbocycles. The molecular formula is C36H56O12. The van der Waals surface area contributed by atoms with Gasteiger partial charge in [0.15, 0.2) is 6.10 Å². The first kappa shape index (κ1) is 39.8. The van der Waals surface area contributed by atoms with Gasteiger partial charge in [-0.3, -0.25) is 14.4 Å². The van der Waals surface area contributed by atoms with Crippen LogP contribution in [0.15, 0.2) is 36.5 Å². The van der Waals surface area contributed by atoms with E-state index < -0.39 is 24.0 Å². The zero-order valence-electron chi connectivity index (χ0n) is 28.9. The lowest BCUT2D eigenvalue weighted by molar-refractivity contribution is -0.165. The van der Waals surface area contributed by atoms with E-state index in [4.69, 9.17) is 42.6 Å². The maximum atomic E-state index is 12.6. The van der Waals surface area contributed by atoms with Crippen molar-refractivity contribution in [1.82, 2.24) is 0 Å². The van der Waals surface area contributed by atoms with Crippen molar-refractivity contribution in [1.29, 1.82) is 0 Å². The normalized spacial score (nSPS) is 22.4. The third kappa shape index (κ3) is 20.0. The molecule has 0 amide bonds. The van der Waals surface area contributed by atoms with Crippen molar-refractivity contribution in [2.24, 2.45) is 0 Å². The van der Waals surface area contributed by atoms with Gasteiger partial charge in [0.25, 0.3) is 0 Å². The summed E-state index contributed by atoms with van der Waals surface area (Å²) in [5.41, 5.74) is 0. The molecule has 0 aliphatic carbocycles. The number of carbonyl (C=O) groups is 3. The molecule has 6 atom stereocenters. The summed E-state index contributed by atoms with van der Waals surface area (Å²) in [5, 5.41) is 0. The number of hydrogen-bond donors (Lipinski definition) is 0. The number of hydrogen-bond acceptors (Lipinski definition) is 12. The summed E-state index contributed by atoms with van der Waals surface area (Å²) in [5.74, 6) is -1.48. The highest BCUT2D eigenvalue weighted by Crippen LogP contribution is 2.15. The van der Waals surface area contributed by atoms with Crippen LogP contribution in [-0.4, -0.2) is 113 Å². The van der Waals surface area contributed by atoms with Gasteiger partial charge in [-0.25, -0.2) is 0 Å². The molecule has 0 aromatic rings. The van der Waals surface area contributed by atoms with Crippen LogP contribution in [0.1, 0.15) is 78.6 Å². The molecule has 3 saturated heterocycles. The van der Waals surface area contributed by atoms with Crippen molar-refractivity contribution in [2.75, 3.05) is 52.9 Å². The van der Waals surface area contributed by atoms with Gasteiger partial charge in [0.2, 0.25) is 0 Å². The summed E-state index contributed by atoms with van der Waals surface area (Å²) in [6, 6.07) is 0. The number of rotatable bonds is 29. The van der Waals surface area contributed by atoms with Crippen LogP contribution >= 0.6 is 0 Å². The van der Waals surface area contributed by atoms with Gasteiger partial charge in [-0.2, -0.15) is 0 Å². The predicted octanol–water partition coefficient (Wildman–Crippen LogP) is 4.58. The quantitative estimate of drug-likeness (QED) is 0.0472. The second-order valence-corrected chi connectivity index (χ2v) is 12.2. The van der Waals surface area contributed by atoms with Crippen molar-refractivity contribution in [3.05, 3.63) is 36.5 Å². The topological polar surface area (TPSA) is 144 Å². The molecule has 3 fully saturated rings. The number of esters is 3. The molecule has 0 radical (unpaired) electrons. The lowest BCUT2D eigenvalue weighted by Gasteiger charge is -2.18. The van der Waals surface area contributed by atoms with Crippen LogP contribution in [0.2, 0.25) is 0 Å². The van der Waals surface area contributed by atoms with Crippen LogP contribution < -0.4 is 0 Å². The number of epoxide rings is 3. The summed E-state index contributed by atoms with van der Waals surface area (Å²) in [4.78, 5) is 37.5. The first-order valence-electron chi connectivity index (χ1n) is 17.5. The Morgan fingerprint density at radius 2 is 0.875 bits per heavy atom. The standard InChI is InChI=1S/C36H56O12/c1-4-27(40-19-30-22-43-30)13-7-10-16-34(37)46-25-33(48-36(39)18-12-9-15-29(6-3)42-21-32-24-45-32)26-47-35(38)17-11-8-14-28(5-2)41-20-31-23-44-31/h7-12,27-33H,4-6,13-26H2,1-3H3. The Kier molecular flexibility index (Phi) is 19.7. The van der Waals surface area contributed by atoms with Crippen LogP contribution in [0.5, 0.6) is 0 Å². The van der Waals surface area contributed by atoms with Gasteiger partial charge < -0.3 is 42.6 Å². The van der Waals surface area contributed by atoms with Crippen molar-refractivity contribution in [2.45, 2.75) is 121 Å². The highest BCUT2D eigenvalue weighted by molar-refractivity contribution is 5.73. The number of carbonyl (C=O) groups excluding carboxylic acids is 3. The Morgan fingerprint density at radius 1 is 0.542 bits per heavy atom. The second-order valence-electron chi connectivity index (χ2n) is 12.2. The molecule has 0 aromatic heterocycles. The lowest BCUT2D eigenvalue weighted by atomic mass is 10.2. The monoisotopic (exact) mass is 680 g/mol. The molecule has 6 unspecified atom stereocenters. The lowest BCUT2D eigenvalue weighted by Crippen LogP contribution is -2.30. The molecular weight excluding hydrogens is 624 g/mol. The van der Waals surface area contributed by atoms with E-state index in [1.54, 1.807) is 18.2 Å². The summed E-state index contributed by atoms with van der Waals surface area (Å²) in [7, 11) is 0. The highest BCUT2D eigenvalue weighted by atomic mass is 16.6. The van der Waals surface area contributed by atoms with Crippen LogP contribution in [0.25, 0.3) is 0 Å². The molecule has 0 saturated carbocycles. The van der Waals surface area contributed by atoms with Gasteiger partial charge in [0, 0.05) is 0 Å². The maximum absolute atomic E-state index is 12.6. The van der Waals surface area contributed by atoms with Crippen LogP contribution in [-0.2, 0) is 57.0 Å². The first-order chi connectivity index (χ1) is 23.4. The van der Waals surface area contributed by atoms with Crippen LogP contribution in [0.4, 0.5) is 0 Å². The Bertz CT molecular complexity index is 960. The average molecular weight is 681 g/mol. The third-order valence-electron chi connectivity index (χ3n) is 7.84. The fourth-order valence-electron chi connectivity index (χ4n) is 4.40. The minimum absolute atomic E-state index is 0.0209. The molecule has 0 spiro atoms. The van der Waals surface area contributed by atoms with E-state index in [-0.39, 0.29) is 69.1 Å². The molecule has 3 aliphatic heterocycles. The van der Waals surface area contributed by atoms with Crippen molar-refractivity contribution in [3.8, 4) is 0 Å². The highest BCUT2D eigenvalue weighted by Gasteiger charge is 2.25. The van der Waals surface area contributed by atoms with Gasteiger partial charge in [0.1, 0.15) is 31.5 Å². The average Bonchev–Trinajstić information content (AvgIpc) is 3.92. The Morgan fingerprint density at radius 3 is 1.19 bits per heavy atom. The molecule has 12 nitrogen and oxygen atoms in total. The zero-order chi connectivity index (χ0) is 34.4. The van der Waals surface area contributed by atoms with Gasteiger partial charge in [-0.15, -0.1) is 0 Å². The SMILES string of the molecule is CCC(CC=CCC(=O)OCC(COC(=O)CC=CCC(CC)OCC1CO1)OC(=O)CC=CCC(CC)OCC1CO1)OCC1CO1. The van der Waals surface area contributed by atoms with Gasteiger partial charge in [-0.05, 0) is 38.5 Å². The molecule has 12 heteroatoms. The van der Waals surface area contributed by atoms with Crippen LogP contribution in [0.3, 0.4) is 0 Å². The molecule has 48 heavy (non-hydrogen) atoms. The molecule has 272 valence electrons. The second kappa shape index (κ2) is 23.7. The van der Waals surface area contributed by atoms with Gasteiger partial charge in [0.05, 0.1) is 77.2 Å². The fourth-order valence-corrected chi connectivity index (χ4v) is 4.40. The predicted molar refractivity (Wildman–Crippen MR) is 176 cm³/mol. The van der Waals surface area contributed by atoms with Crippen molar-refractivity contribution < 1.29 is 57.0 Å². The minimum atomic E-state index is -0.943. The zero-order valence-corrected chi connectivity index (χ0v) is 28.9. The van der Waals surface area contributed by atoms with E-state index in [2.05, 4.69) is 0 Å². The summed E-state index contributed by atoms with van der Waals surface area (Å²) < 4.78 is 49.3. The van der Waals surface area contributed by atoms with E-state index in [1.165, 1.54) is 0 Å². The first-order valence-corrected chi connectivity index (χ1v) is 17.5. The molecule has 0 bridgehead atoms. The Hall–Kier alpha value is -2.61. The van der Waals surface area contributed by atoms with E-state index >= 15 is 0 Å². The Labute approximate surface area is 285 Å². The molecule has 3 heterocycles. The van der Waals surface area contributed by atoms with Crippen molar-refractivity contribution >= 4 is 17.9 Å². The minimum Gasteiger partial charge on any atom is -0.461 e. The van der Waals surface area contributed by atoms with E-state index in [0.717, 1.165) is 39.1 Å². The third-order valence-corrected chi connectivity index (χ3v) is 7.84. The molecule has 3 rings (SSSR count). The van der Waals surface area contributed by atoms with Crippen LogP contribution in [0, 0.1) is 0 Å². The maximum Gasteiger partial charge on any atom is 0.310 e. The van der Waals surface area contributed by atoms with E-state index in [0.29, 0.717) is 39.1 Å². The van der Waals surface area contributed by atoms with E-state index in [9.17, 15) is 14.4 Å². The fraction of sp³-hybridized carbons (Fsp3) is 0.750. The van der Waals surface area contributed by atoms with E-state index in [1.807, 2.05) is 39.0 Å². The summed E-state index contributed by atoms with van der Waals surface area (Å²) in [6.07, 6.45) is 15.4. The smallest absolute Gasteiger partial charge is 0.310 e. The largest absolute Gasteiger partial charge is 0.461 e. The molecule has 0 N–H and O–H groups in total. The summed E-state index contributed by atoms with van der Waals surface area (Å²) in [6.45, 7) is 9.66.